The molecule has 0 amide bonds. The average Bonchev–Trinajstić information content (AvgIpc) is 2.49. The molecule has 0 saturated carbocycles. The number of hydrogen-bond acceptors (Lipinski definition) is 0. The van der Waals surface area contributed by atoms with E-state index in [9.17, 15) is 0 Å². The van der Waals surface area contributed by atoms with Gasteiger partial charge in [-0.15, -0.1) is 0 Å². The third kappa shape index (κ3) is 7.76. The fourth-order valence-corrected chi connectivity index (χ4v) is 2.88. The molecule has 2 aromatic rings. The summed E-state index contributed by atoms with van der Waals surface area (Å²) in [6.45, 7) is 11.0. The first kappa shape index (κ1) is 23.8. The lowest BCUT2D eigenvalue weighted by atomic mass is 10.1. The molecule has 0 unspecified atom stereocenters. The monoisotopic (exact) mass is 552 g/mol. The van der Waals surface area contributed by atoms with Gasteiger partial charge in [0.1, 0.15) is 13.1 Å². The lowest BCUT2D eigenvalue weighted by molar-refractivity contribution is -0.705. The van der Waals surface area contributed by atoms with E-state index in [-0.39, 0.29) is 48.0 Å². The smallest absolute Gasteiger partial charge is 0.178 e. The van der Waals surface area contributed by atoms with Gasteiger partial charge in [0, 0.05) is 49.9 Å². The zero-order valence-electron chi connectivity index (χ0n) is 15.4. The molecule has 2 heterocycles. The predicted molar refractivity (Wildman–Crippen MR) is 90.7 cm³/mol. The van der Waals surface area contributed by atoms with Gasteiger partial charge in [-0.1, -0.05) is 0 Å². The molecular formula is C20H30I2N2. The normalized spacial score (nSPS) is 10.0. The molecule has 0 aliphatic rings. The van der Waals surface area contributed by atoms with E-state index in [2.05, 4.69) is 73.5 Å². The fraction of sp³-hybridized carbons (Fsp3) is 0.500. The van der Waals surface area contributed by atoms with E-state index < -0.39 is 0 Å². The second-order valence-electron chi connectivity index (χ2n) is 6.50. The summed E-state index contributed by atoms with van der Waals surface area (Å²) in [5, 5.41) is 0. The van der Waals surface area contributed by atoms with Crippen molar-refractivity contribution in [1.29, 1.82) is 0 Å². The summed E-state index contributed by atoms with van der Waals surface area (Å²) >= 11 is 0. The van der Waals surface area contributed by atoms with Crippen LogP contribution in [-0.4, -0.2) is 0 Å². The number of rotatable bonds is 7. The molecule has 134 valence electrons. The third-order valence-corrected chi connectivity index (χ3v) is 4.35. The van der Waals surface area contributed by atoms with Gasteiger partial charge < -0.3 is 48.0 Å². The van der Waals surface area contributed by atoms with Crippen molar-refractivity contribution < 1.29 is 57.1 Å². The second kappa shape index (κ2) is 12.2. The zero-order valence-corrected chi connectivity index (χ0v) is 19.7. The Labute approximate surface area is 181 Å². The number of halogens is 2. The Hall–Kier alpha value is -0.240. The minimum absolute atomic E-state index is 0. The van der Waals surface area contributed by atoms with Crippen LogP contribution in [0, 0.1) is 27.7 Å². The first-order chi connectivity index (χ1) is 10.6. The maximum absolute atomic E-state index is 2.38. The molecule has 24 heavy (non-hydrogen) atoms. The Morgan fingerprint density at radius 3 is 1.33 bits per heavy atom. The summed E-state index contributed by atoms with van der Waals surface area (Å²) in [4.78, 5) is 0. The summed E-state index contributed by atoms with van der Waals surface area (Å²) in [5.41, 5.74) is 5.40. The zero-order chi connectivity index (χ0) is 15.9. The van der Waals surface area contributed by atoms with Crippen LogP contribution in [0.3, 0.4) is 0 Å². The van der Waals surface area contributed by atoms with Crippen LogP contribution in [0.1, 0.15) is 48.2 Å². The van der Waals surface area contributed by atoms with Crippen LogP contribution < -0.4 is 57.1 Å². The predicted octanol–water partition coefficient (Wildman–Crippen LogP) is -2.24. The van der Waals surface area contributed by atoms with Crippen molar-refractivity contribution in [2.45, 2.75) is 66.5 Å². The number of pyridine rings is 2. The molecule has 0 aliphatic heterocycles. The third-order valence-electron chi connectivity index (χ3n) is 4.35. The molecular weight excluding hydrogens is 522 g/mol. The number of unbranched alkanes of at least 4 members (excludes halogenated alkanes) is 3. The largest absolute Gasteiger partial charge is 1.00 e. The van der Waals surface area contributed by atoms with E-state index in [0.29, 0.717) is 0 Å². The van der Waals surface area contributed by atoms with Crippen molar-refractivity contribution >= 4 is 0 Å². The van der Waals surface area contributed by atoms with Gasteiger partial charge in [0.25, 0.3) is 0 Å². The quantitative estimate of drug-likeness (QED) is 0.209. The summed E-state index contributed by atoms with van der Waals surface area (Å²) in [6.07, 6.45) is 9.69. The Balaban J connectivity index is 0.00000264. The van der Waals surface area contributed by atoms with Crippen LogP contribution in [0.5, 0.6) is 0 Å². The van der Waals surface area contributed by atoms with E-state index >= 15 is 0 Å². The molecule has 2 aromatic heterocycles. The van der Waals surface area contributed by atoms with Crippen LogP contribution >= 0.6 is 0 Å². The van der Waals surface area contributed by atoms with Gasteiger partial charge in [0.15, 0.2) is 23.8 Å². The van der Waals surface area contributed by atoms with E-state index in [1.165, 1.54) is 48.2 Å². The maximum atomic E-state index is 2.38. The summed E-state index contributed by atoms with van der Waals surface area (Å²) in [7, 11) is 0. The highest BCUT2D eigenvalue weighted by molar-refractivity contribution is 5.06. The minimum Gasteiger partial charge on any atom is -1.00 e. The van der Waals surface area contributed by atoms with Crippen molar-refractivity contribution in [3.05, 3.63) is 59.2 Å². The van der Waals surface area contributed by atoms with Gasteiger partial charge in [-0.05, 0) is 38.8 Å². The van der Waals surface area contributed by atoms with Crippen molar-refractivity contribution in [3.63, 3.8) is 0 Å². The van der Waals surface area contributed by atoms with Crippen molar-refractivity contribution in [1.82, 2.24) is 0 Å². The standard InChI is InChI=1S/C20H30N2.2HI/c1-17-9-11-19(3)21(15-17)13-7-5-6-8-14-22-16-18(2)10-12-20(22)4;;/h9-12,15-16H,5-8,13-14H2,1-4H3;2*1H/q+2;;/p-2. The summed E-state index contributed by atoms with van der Waals surface area (Å²) in [5.74, 6) is 0. The molecule has 0 bridgehead atoms. The molecule has 0 saturated heterocycles. The summed E-state index contributed by atoms with van der Waals surface area (Å²) < 4.78 is 4.77. The first-order valence-corrected chi connectivity index (χ1v) is 8.49. The van der Waals surface area contributed by atoms with Gasteiger partial charge >= 0.3 is 0 Å². The highest BCUT2D eigenvalue weighted by Crippen LogP contribution is 2.03. The lowest BCUT2D eigenvalue weighted by Gasteiger charge is -2.03. The maximum Gasteiger partial charge on any atom is 0.178 e. The number of nitrogens with zero attached hydrogens (tertiary/aromatic N) is 2. The molecule has 0 aliphatic carbocycles. The van der Waals surface area contributed by atoms with E-state index in [4.69, 9.17) is 0 Å². The highest BCUT2D eigenvalue weighted by Gasteiger charge is 2.07. The van der Waals surface area contributed by atoms with Gasteiger partial charge in [0.2, 0.25) is 0 Å². The molecule has 0 fully saturated rings. The van der Waals surface area contributed by atoms with Crippen LogP contribution in [0.15, 0.2) is 36.7 Å². The lowest BCUT2D eigenvalue weighted by Crippen LogP contribution is -3.00. The molecule has 0 atom stereocenters. The van der Waals surface area contributed by atoms with Gasteiger partial charge in [-0.3, -0.25) is 0 Å². The van der Waals surface area contributed by atoms with E-state index in [1.54, 1.807) is 0 Å². The molecule has 2 rings (SSSR count). The molecule has 4 heteroatoms. The highest BCUT2D eigenvalue weighted by atomic mass is 127. The molecule has 2 nitrogen and oxygen atoms in total. The molecule has 0 spiro atoms. The molecule has 0 N–H and O–H groups in total. The first-order valence-electron chi connectivity index (χ1n) is 8.49. The van der Waals surface area contributed by atoms with Gasteiger partial charge in [-0.2, -0.15) is 0 Å². The minimum atomic E-state index is 0. The summed E-state index contributed by atoms with van der Waals surface area (Å²) in [6, 6.07) is 8.81. The van der Waals surface area contributed by atoms with Gasteiger partial charge in [0.05, 0.1) is 0 Å². The molecule has 0 radical (unpaired) electrons. The van der Waals surface area contributed by atoms with Crippen LogP contribution in [0.25, 0.3) is 0 Å². The average molecular weight is 552 g/mol. The Morgan fingerprint density at radius 1 is 0.583 bits per heavy atom. The van der Waals surface area contributed by atoms with E-state index in [0.717, 1.165) is 13.1 Å². The molecule has 0 aromatic carbocycles. The van der Waals surface area contributed by atoms with Crippen molar-refractivity contribution in [2.24, 2.45) is 0 Å². The Kier molecular flexibility index (Phi) is 12.0. The fourth-order valence-electron chi connectivity index (χ4n) is 2.88. The number of hydrogen-bond donors (Lipinski definition) is 0. The second-order valence-corrected chi connectivity index (χ2v) is 6.50. The topological polar surface area (TPSA) is 7.76 Å². The van der Waals surface area contributed by atoms with Gasteiger partial charge in [-0.25, -0.2) is 9.13 Å². The van der Waals surface area contributed by atoms with Crippen molar-refractivity contribution in [2.75, 3.05) is 0 Å². The number of aromatic nitrogens is 2. The Morgan fingerprint density at radius 2 is 0.958 bits per heavy atom. The SMILES string of the molecule is Cc1ccc(C)[n+](CCCCCC[n+]2cc(C)ccc2C)c1.[I-].[I-]. The van der Waals surface area contributed by atoms with Crippen LogP contribution in [0.2, 0.25) is 0 Å². The van der Waals surface area contributed by atoms with Crippen molar-refractivity contribution in [3.8, 4) is 0 Å². The van der Waals surface area contributed by atoms with Crippen LogP contribution in [0.4, 0.5) is 0 Å². The Bertz CT molecular complexity index is 572. The number of aryl methyl sites for hydroxylation is 6. The van der Waals surface area contributed by atoms with E-state index in [1.807, 2.05) is 0 Å². The van der Waals surface area contributed by atoms with Crippen LogP contribution in [-0.2, 0) is 13.1 Å².